The fraction of sp³-hybridized carbons (Fsp3) is 0.231. The molecule has 8 nitrogen and oxygen atoms in total. The van der Waals surface area contributed by atoms with E-state index in [-0.39, 0.29) is 12.3 Å². The Morgan fingerprint density at radius 1 is 0.941 bits per heavy atom. The van der Waals surface area contributed by atoms with Crippen molar-refractivity contribution in [2.24, 2.45) is 0 Å². The summed E-state index contributed by atoms with van der Waals surface area (Å²) in [6.45, 7) is 7.65. The van der Waals surface area contributed by atoms with Crippen molar-refractivity contribution in [3.8, 4) is 23.2 Å². The van der Waals surface area contributed by atoms with Crippen molar-refractivity contribution in [1.29, 1.82) is 0 Å². The second-order valence-corrected chi connectivity index (χ2v) is 8.01. The number of amides is 1. The molecule has 34 heavy (non-hydrogen) atoms. The average molecular weight is 458 g/mol. The van der Waals surface area contributed by atoms with Crippen LogP contribution in [0.1, 0.15) is 28.3 Å². The number of benzene rings is 2. The van der Waals surface area contributed by atoms with Crippen LogP contribution < -0.4 is 14.8 Å². The van der Waals surface area contributed by atoms with Gasteiger partial charge in [0, 0.05) is 28.3 Å². The van der Waals surface area contributed by atoms with Crippen molar-refractivity contribution in [1.82, 2.24) is 19.7 Å². The molecule has 0 aliphatic rings. The quantitative estimate of drug-likeness (QED) is 0.425. The van der Waals surface area contributed by atoms with E-state index in [2.05, 4.69) is 20.4 Å². The van der Waals surface area contributed by atoms with Crippen molar-refractivity contribution in [2.45, 2.75) is 34.1 Å². The number of nitrogens with one attached hydrogen (secondary N) is 1. The summed E-state index contributed by atoms with van der Waals surface area (Å²) in [7, 11) is 1.60. The minimum absolute atomic E-state index is 0.134. The van der Waals surface area contributed by atoms with Gasteiger partial charge in [0.2, 0.25) is 5.91 Å². The molecule has 4 aromatic rings. The zero-order valence-corrected chi connectivity index (χ0v) is 19.9. The number of carbonyl (C=O) groups excluding carboxylic acids is 1. The van der Waals surface area contributed by atoms with Gasteiger partial charge in [-0.2, -0.15) is 5.10 Å². The summed E-state index contributed by atoms with van der Waals surface area (Å²) in [6, 6.07) is 16.5. The van der Waals surface area contributed by atoms with Crippen LogP contribution in [-0.4, -0.2) is 32.8 Å². The van der Waals surface area contributed by atoms with Gasteiger partial charge in [0.25, 0.3) is 5.95 Å². The fourth-order valence-corrected chi connectivity index (χ4v) is 3.73. The highest BCUT2D eigenvalue weighted by Gasteiger charge is 2.18. The average Bonchev–Trinajstić information content (AvgIpc) is 3.08. The van der Waals surface area contributed by atoms with Crippen LogP contribution in [0.3, 0.4) is 0 Å². The van der Waals surface area contributed by atoms with Crippen molar-refractivity contribution >= 4 is 11.6 Å². The molecule has 4 rings (SSSR count). The van der Waals surface area contributed by atoms with E-state index in [4.69, 9.17) is 9.47 Å². The third-order valence-electron chi connectivity index (χ3n) is 5.37. The van der Waals surface area contributed by atoms with Crippen molar-refractivity contribution in [2.75, 3.05) is 12.4 Å². The first-order chi connectivity index (χ1) is 16.3. The number of aromatic nitrogens is 4. The van der Waals surface area contributed by atoms with Gasteiger partial charge >= 0.3 is 0 Å². The molecule has 0 saturated heterocycles. The summed E-state index contributed by atoms with van der Waals surface area (Å²) in [5, 5.41) is 7.51. The monoisotopic (exact) mass is 457 g/mol. The van der Waals surface area contributed by atoms with Gasteiger partial charge in [-0.3, -0.25) is 4.79 Å². The van der Waals surface area contributed by atoms with Gasteiger partial charge in [0.15, 0.2) is 11.5 Å². The van der Waals surface area contributed by atoms with Crippen LogP contribution >= 0.6 is 0 Å². The maximum Gasteiger partial charge on any atom is 0.251 e. The Morgan fingerprint density at radius 3 is 2.24 bits per heavy atom. The summed E-state index contributed by atoms with van der Waals surface area (Å²) < 4.78 is 12.9. The van der Waals surface area contributed by atoms with Gasteiger partial charge < -0.3 is 14.8 Å². The first-order valence-corrected chi connectivity index (χ1v) is 10.9. The van der Waals surface area contributed by atoms with Crippen molar-refractivity contribution in [3.05, 3.63) is 82.9 Å². The molecule has 2 heterocycles. The minimum Gasteiger partial charge on any atom is -0.493 e. The molecule has 0 spiro atoms. The number of para-hydroxylation sites is 2. The lowest BCUT2D eigenvalue weighted by molar-refractivity contribution is -0.115. The Kier molecular flexibility index (Phi) is 6.58. The van der Waals surface area contributed by atoms with Gasteiger partial charge in [-0.05, 0) is 70.2 Å². The van der Waals surface area contributed by atoms with E-state index in [1.54, 1.807) is 36.1 Å². The molecular formula is C26H27N5O3. The van der Waals surface area contributed by atoms with Crippen molar-refractivity contribution < 1.29 is 14.3 Å². The topological polar surface area (TPSA) is 91.2 Å². The Hall–Kier alpha value is -4.20. The number of ether oxygens (including phenoxy) is 2. The Bertz CT molecular complexity index is 1310. The van der Waals surface area contributed by atoms with Crippen LogP contribution in [0, 0.1) is 27.7 Å². The smallest absolute Gasteiger partial charge is 0.251 e. The first-order valence-electron chi connectivity index (χ1n) is 10.9. The molecule has 0 unspecified atom stereocenters. The van der Waals surface area contributed by atoms with E-state index in [0.29, 0.717) is 28.9 Å². The lowest BCUT2D eigenvalue weighted by atomic mass is 10.1. The maximum atomic E-state index is 12.8. The number of hydrogen-bond acceptors (Lipinski definition) is 6. The summed E-state index contributed by atoms with van der Waals surface area (Å²) in [4.78, 5) is 21.7. The molecule has 1 amide bonds. The van der Waals surface area contributed by atoms with Gasteiger partial charge in [-0.1, -0.05) is 12.1 Å². The highest BCUT2D eigenvalue weighted by molar-refractivity contribution is 5.92. The Balaban J connectivity index is 1.44. The third kappa shape index (κ3) is 5.06. The summed E-state index contributed by atoms with van der Waals surface area (Å²) in [5.74, 6) is 2.29. The highest BCUT2D eigenvalue weighted by Crippen LogP contribution is 2.31. The van der Waals surface area contributed by atoms with E-state index in [1.807, 2.05) is 58.0 Å². The number of aryl methyl sites for hydroxylation is 3. The number of nitrogens with zero attached hydrogens (tertiary/aromatic N) is 4. The van der Waals surface area contributed by atoms with E-state index < -0.39 is 0 Å². The van der Waals surface area contributed by atoms with Crippen LogP contribution in [-0.2, 0) is 11.2 Å². The standard InChI is InChI=1S/C26H27N5O3/c1-16-14-17(2)28-26(27-16)31-19(4)22(18(3)30-31)15-25(32)29-20-10-12-21(13-11-20)34-24-9-7-6-8-23(24)33-5/h6-14H,15H2,1-5H3,(H,29,32). The van der Waals surface area contributed by atoms with E-state index in [9.17, 15) is 4.79 Å². The normalized spacial score (nSPS) is 10.7. The highest BCUT2D eigenvalue weighted by atomic mass is 16.5. The molecule has 1 N–H and O–H groups in total. The molecule has 2 aromatic carbocycles. The molecule has 0 aliphatic heterocycles. The van der Waals surface area contributed by atoms with E-state index >= 15 is 0 Å². The van der Waals surface area contributed by atoms with Crippen LogP contribution in [0.5, 0.6) is 17.2 Å². The molecule has 0 radical (unpaired) electrons. The number of carbonyl (C=O) groups is 1. The van der Waals surface area contributed by atoms with Gasteiger partial charge in [-0.15, -0.1) is 0 Å². The lowest BCUT2D eigenvalue weighted by Crippen LogP contribution is -2.15. The van der Waals surface area contributed by atoms with Gasteiger partial charge in [0.1, 0.15) is 5.75 Å². The number of methoxy groups -OCH3 is 1. The SMILES string of the molecule is COc1ccccc1Oc1ccc(NC(=O)Cc2c(C)nn(-c3nc(C)cc(C)n3)c2C)cc1. The predicted octanol–water partition coefficient (Wildman–Crippen LogP) is 4.88. The molecule has 0 saturated carbocycles. The fourth-order valence-electron chi connectivity index (χ4n) is 3.73. The number of hydrogen-bond donors (Lipinski definition) is 1. The van der Waals surface area contributed by atoms with E-state index in [0.717, 1.165) is 28.3 Å². The zero-order valence-electron chi connectivity index (χ0n) is 19.9. The van der Waals surface area contributed by atoms with Crippen LogP contribution in [0.2, 0.25) is 0 Å². The van der Waals surface area contributed by atoms with Gasteiger partial charge in [0.05, 0.1) is 19.2 Å². The third-order valence-corrected chi connectivity index (χ3v) is 5.37. The van der Waals surface area contributed by atoms with Crippen molar-refractivity contribution in [3.63, 3.8) is 0 Å². The Labute approximate surface area is 198 Å². The predicted molar refractivity (Wildman–Crippen MR) is 130 cm³/mol. The maximum absolute atomic E-state index is 12.8. The zero-order chi connectivity index (χ0) is 24.2. The molecule has 8 heteroatoms. The summed E-state index contributed by atoms with van der Waals surface area (Å²) in [5.41, 5.74) is 4.89. The van der Waals surface area contributed by atoms with E-state index in [1.165, 1.54) is 0 Å². The molecule has 0 aliphatic carbocycles. The van der Waals surface area contributed by atoms with Crippen LogP contribution in [0.25, 0.3) is 5.95 Å². The lowest BCUT2D eigenvalue weighted by Gasteiger charge is -2.11. The number of anilines is 1. The Morgan fingerprint density at radius 2 is 1.59 bits per heavy atom. The molecule has 0 bridgehead atoms. The largest absolute Gasteiger partial charge is 0.493 e. The first kappa shape index (κ1) is 23.0. The second kappa shape index (κ2) is 9.74. The molecule has 0 fully saturated rings. The molecular weight excluding hydrogens is 430 g/mol. The number of rotatable bonds is 7. The molecule has 174 valence electrons. The second-order valence-electron chi connectivity index (χ2n) is 8.01. The van der Waals surface area contributed by atoms with Crippen LogP contribution in [0.15, 0.2) is 54.6 Å². The molecule has 2 aromatic heterocycles. The summed E-state index contributed by atoms with van der Waals surface area (Å²) in [6.07, 6.45) is 0.196. The minimum atomic E-state index is -0.134. The summed E-state index contributed by atoms with van der Waals surface area (Å²) >= 11 is 0. The van der Waals surface area contributed by atoms with Crippen LogP contribution in [0.4, 0.5) is 5.69 Å². The molecule has 0 atom stereocenters. The van der Waals surface area contributed by atoms with Gasteiger partial charge in [-0.25, -0.2) is 14.6 Å².